The van der Waals surface area contributed by atoms with Crippen molar-refractivity contribution >= 4 is 11.8 Å². The number of aliphatic hydroxyl groups is 1. The first kappa shape index (κ1) is 10.5. The second-order valence-corrected chi connectivity index (χ2v) is 4.26. The van der Waals surface area contributed by atoms with Crippen LogP contribution in [0.4, 0.5) is 4.39 Å². The van der Waals surface area contributed by atoms with E-state index in [1.165, 1.54) is 17.8 Å². The predicted molar refractivity (Wildman–Crippen MR) is 51.2 cm³/mol. The van der Waals surface area contributed by atoms with E-state index in [4.69, 9.17) is 0 Å². The second-order valence-electron chi connectivity index (χ2n) is 2.86. The van der Waals surface area contributed by atoms with E-state index in [0.717, 1.165) is 0 Å². The smallest absolute Gasteiger partial charge is 0.213 e. The molecule has 72 valence electrons. The zero-order chi connectivity index (χ0) is 9.84. The van der Waals surface area contributed by atoms with Crippen LogP contribution < -0.4 is 0 Å². The summed E-state index contributed by atoms with van der Waals surface area (Å²) in [6.07, 6.45) is -0.421. The van der Waals surface area contributed by atoms with Gasteiger partial charge in [-0.3, -0.25) is 0 Å². The molecule has 2 nitrogen and oxygen atoms in total. The van der Waals surface area contributed by atoms with Gasteiger partial charge in [-0.1, -0.05) is 13.0 Å². The van der Waals surface area contributed by atoms with Crippen LogP contribution in [0.1, 0.15) is 13.8 Å². The molecule has 0 amide bonds. The topological polar surface area (TPSA) is 33.1 Å². The molecule has 1 aromatic rings. The third-order valence-electron chi connectivity index (χ3n) is 1.68. The summed E-state index contributed by atoms with van der Waals surface area (Å²) in [7, 11) is 0. The molecule has 0 aliphatic heterocycles. The summed E-state index contributed by atoms with van der Waals surface area (Å²) >= 11 is 1.36. The normalized spacial score (nSPS) is 15.4. The van der Waals surface area contributed by atoms with Gasteiger partial charge in [-0.05, 0) is 19.1 Å². The SMILES string of the molecule is CC(O)C(C)Sc1cccc(F)n1. The van der Waals surface area contributed by atoms with Crippen LogP contribution in [0.2, 0.25) is 0 Å². The predicted octanol–water partition coefficient (Wildman–Crippen LogP) is 2.08. The van der Waals surface area contributed by atoms with E-state index in [1.54, 1.807) is 19.1 Å². The van der Waals surface area contributed by atoms with E-state index >= 15 is 0 Å². The van der Waals surface area contributed by atoms with Gasteiger partial charge < -0.3 is 5.11 Å². The van der Waals surface area contributed by atoms with Crippen LogP contribution in [0.3, 0.4) is 0 Å². The number of aliphatic hydroxyl groups excluding tert-OH is 1. The first-order valence-corrected chi connectivity index (χ1v) is 4.95. The van der Waals surface area contributed by atoms with Gasteiger partial charge in [0.15, 0.2) is 0 Å². The summed E-state index contributed by atoms with van der Waals surface area (Å²) in [6, 6.07) is 4.64. The Balaban J connectivity index is 2.64. The fraction of sp³-hybridized carbons (Fsp3) is 0.444. The lowest BCUT2D eigenvalue weighted by Gasteiger charge is -2.12. The molecular formula is C9H12FNOS. The van der Waals surface area contributed by atoms with Crippen LogP contribution >= 0.6 is 11.8 Å². The summed E-state index contributed by atoms with van der Waals surface area (Å²) in [5.41, 5.74) is 0. The average molecular weight is 201 g/mol. The molecular weight excluding hydrogens is 189 g/mol. The first-order valence-electron chi connectivity index (χ1n) is 4.07. The zero-order valence-corrected chi connectivity index (χ0v) is 8.38. The maximum atomic E-state index is 12.6. The molecule has 0 fully saturated rings. The van der Waals surface area contributed by atoms with E-state index in [2.05, 4.69) is 4.98 Å². The highest BCUT2D eigenvalue weighted by molar-refractivity contribution is 7.99. The molecule has 0 saturated carbocycles. The van der Waals surface area contributed by atoms with Crippen molar-refractivity contribution in [3.8, 4) is 0 Å². The zero-order valence-electron chi connectivity index (χ0n) is 7.57. The molecule has 0 bridgehead atoms. The van der Waals surface area contributed by atoms with Gasteiger partial charge in [-0.2, -0.15) is 4.39 Å². The Morgan fingerprint density at radius 3 is 2.69 bits per heavy atom. The molecule has 0 aliphatic rings. The number of rotatable bonds is 3. The van der Waals surface area contributed by atoms with Crippen molar-refractivity contribution in [2.75, 3.05) is 0 Å². The highest BCUT2D eigenvalue weighted by Gasteiger charge is 2.11. The van der Waals surface area contributed by atoms with Crippen LogP contribution in [0, 0.1) is 5.95 Å². The van der Waals surface area contributed by atoms with Gasteiger partial charge in [-0.25, -0.2) is 4.98 Å². The minimum absolute atomic E-state index is 0.0225. The van der Waals surface area contributed by atoms with E-state index in [-0.39, 0.29) is 5.25 Å². The van der Waals surface area contributed by atoms with E-state index in [1.807, 2.05) is 6.92 Å². The van der Waals surface area contributed by atoms with Crippen LogP contribution in [-0.4, -0.2) is 21.4 Å². The number of thioether (sulfide) groups is 1. The molecule has 1 N–H and O–H groups in total. The van der Waals surface area contributed by atoms with Gasteiger partial charge in [0.2, 0.25) is 5.95 Å². The van der Waals surface area contributed by atoms with Crippen molar-refractivity contribution in [1.29, 1.82) is 0 Å². The monoisotopic (exact) mass is 201 g/mol. The number of nitrogens with zero attached hydrogens (tertiary/aromatic N) is 1. The number of halogens is 1. The fourth-order valence-corrected chi connectivity index (χ4v) is 1.62. The Kier molecular flexibility index (Phi) is 3.69. The van der Waals surface area contributed by atoms with Crippen LogP contribution in [0.15, 0.2) is 23.2 Å². The quantitative estimate of drug-likeness (QED) is 0.600. The van der Waals surface area contributed by atoms with Crippen LogP contribution in [0.25, 0.3) is 0 Å². The van der Waals surface area contributed by atoms with E-state index in [9.17, 15) is 9.50 Å². The van der Waals surface area contributed by atoms with Crippen LogP contribution in [-0.2, 0) is 0 Å². The van der Waals surface area contributed by atoms with Crippen molar-refractivity contribution in [3.63, 3.8) is 0 Å². The van der Waals surface area contributed by atoms with Gasteiger partial charge in [0.05, 0.1) is 11.1 Å². The standard InChI is InChI=1S/C9H12FNOS/c1-6(12)7(2)13-9-5-3-4-8(10)11-9/h3-7,12H,1-2H3. The molecule has 2 atom stereocenters. The molecule has 0 aliphatic carbocycles. The maximum absolute atomic E-state index is 12.6. The molecule has 0 aromatic carbocycles. The number of hydrogen-bond acceptors (Lipinski definition) is 3. The number of pyridine rings is 1. The van der Waals surface area contributed by atoms with Gasteiger partial charge in [0.25, 0.3) is 0 Å². The number of hydrogen-bond donors (Lipinski definition) is 1. The van der Waals surface area contributed by atoms with Gasteiger partial charge in [0.1, 0.15) is 0 Å². The highest BCUT2D eigenvalue weighted by atomic mass is 32.2. The minimum atomic E-state index is -0.484. The molecule has 4 heteroatoms. The van der Waals surface area contributed by atoms with E-state index < -0.39 is 12.1 Å². The lowest BCUT2D eigenvalue weighted by atomic mass is 10.3. The summed E-state index contributed by atoms with van der Waals surface area (Å²) in [6.45, 7) is 3.58. The summed E-state index contributed by atoms with van der Waals surface area (Å²) < 4.78 is 12.6. The van der Waals surface area contributed by atoms with E-state index in [0.29, 0.717) is 5.03 Å². The van der Waals surface area contributed by atoms with Crippen molar-refractivity contribution < 1.29 is 9.50 Å². The fourth-order valence-electron chi connectivity index (χ4n) is 0.744. The Morgan fingerprint density at radius 1 is 1.46 bits per heavy atom. The molecule has 1 heterocycles. The van der Waals surface area contributed by atoms with Gasteiger partial charge in [-0.15, -0.1) is 11.8 Å². The molecule has 2 unspecified atom stereocenters. The average Bonchev–Trinajstić information content (AvgIpc) is 2.04. The summed E-state index contributed by atoms with van der Waals surface area (Å²) in [5.74, 6) is -0.484. The second kappa shape index (κ2) is 4.58. The van der Waals surface area contributed by atoms with Crippen molar-refractivity contribution in [2.24, 2.45) is 0 Å². The molecule has 0 spiro atoms. The maximum Gasteiger partial charge on any atom is 0.213 e. The van der Waals surface area contributed by atoms with Crippen molar-refractivity contribution in [2.45, 2.75) is 30.2 Å². The van der Waals surface area contributed by atoms with Gasteiger partial charge in [0, 0.05) is 5.25 Å². The summed E-state index contributed by atoms with van der Waals surface area (Å²) in [4.78, 5) is 3.68. The molecule has 1 rings (SSSR count). The third kappa shape index (κ3) is 3.32. The Hall–Kier alpha value is -0.610. The minimum Gasteiger partial charge on any atom is -0.392 e. The Labute approximate surface area is 81.2 Å². The lowest BCUT2D eigenvalue weighted by molar-refractivity contribution is 0.196. The Bertz CT molecular complexity index is 280. The van der Waals surface area contributed by atoms with Gasteiger partial charge >= 0.3 is 0 Å². The number of aromatic nitrogens is 1. The first-order chi connectivity index (χ1) is 6.09. The Morgan fingerprint density at radius 2 is 2.15 bits per heavy atom. The lowest BCUT2D eigenvalue weighted by Crippen LogP contribution is -2.15. The highest BCUT2D eigenvalue weighted by Crippen LogP contribution is 2.22. The third-order valence-corrected chi connectivity index (χ3v) is 2.91. The molecule has 13 heavy (non-hydrogen) atoms. The molecule has 1 aromatic heterocycles. The van der Waals surface area contributed by atoms with Crippen molar-refractivity contribution in [3.05, 3.63) is 24.1 Å². The van der Waals surface area contributed by atoms with Crippen LogP contribution in [0.5, 0.6) is 0 Å². The summed E-state index contributed by atoms with van der Waals surface area (Å²) in [5, 5.41) is 9.84. The molecule has 0 radical (unpaired) electrons. The largest absolute Gasteiger partial charge is 0.392 e. The molecule has 0 saturated heterocycles. The van der Waals surface area contributed by atoms with Crippen molar-refractivity contribution in [1.82, 2.24) is 4.98 Å².